The van der Waals surface area contributed by atoms with E-state index in [2.05, 4.69) is 10.1 Å². The predicted octanol–water partition coefficient (Wildman–Crippen LogP) is 1.09. The molecule has 0 radical (unpaired) electrons. The van der Waals surface area contributed by atoms with Crippen LogP contribution < -0.4 is 5.32 Å². The third kappa shape index (κ3) is 3.66. The van der Waals surface area contributed by atoms with Gasteiger partial charge < -0.3 is 10.1 Å². The van der Waals surface area contributed by atoms with Crippen molar-refractivity contribution in [3.05, 3.63) is 29.8 Å². The fraction of sp³-hybridized carbons (Fsp3) is 0.533. The third-order valence-corrected chi connectivity index (χ3v) is 5.89. The predicted molar refractivity (Wildman–Crippen MR) is 83.2 cm³/mol. The molecule has 1 fully saturated rings. The lowest BCUT2D eigenvalue weighted by Crippen LogP contribution is -2.40. The molecule has 6 nitrogen and oxygen atoms in total. The van der Waals surface area contributed by atoms with Crippen molar-refractivity contribution in [2.45, 2.75) is 17.7 Å². The quantitative estimate of drug-likeness (QED) is 0.820. The largest absolute Gasteiger partial charge is 0.465 e. The van der Waals surface area contributed by atoms with E-state index in [9.17, 15) is 13.2 Å². The van der Waals surface area contributed by atoms with E-state index in [1.165, 1.54) is 35.7 Å². The van der Waals surface area contributed by atoms with Gasteiger partial charge in [0.1, 0.15) is 0 Å². The monoisotopic (exact) mass is 326 g/mol. The van der Waals surface area contributed by atoms with E-state index in [4.69, 9.17) is 0 Å². The lowest BCUT2D eigenvalue weighted by molar-refractivity contribution is 0.0600. The summed E-state index contributed by atoms with van der Waals surface area (Å²) in [5.41, 5.74) is 0.342. The van der Waals surface area contributed by atoms with Crippen molar-refractivity contribution in [1.29, 1.82) is 0 Å². The lowest BCUT2D eigenvalue weighted by atomic mass is 9.98. The number of carbonyl (C=O) groups excluding carboxylic acids is 1. The van der Waals surface area contributed by atoms with Crippen LogP contribution in [-0.4, -0.2) is 52.5 Å². The fourth-order valence-corrected chi connectivity index (χ4v) is 4.14. The minimum absolute atomic E-state index is 0.215. The van der Waals surface area contributed by atoms with Crippen LogP contribution in [0, 0.1) is 5.92 Å². The zero-order valence-corrected chi connectivity index (χ0v) is 13.7. The smallest absolute Gasteiger partial charge is 0.337 e. The first kappa shape index (κ1) is 16.9. The van der Waals surface area contributed by atoms with Crippen molar-refractivity contribution in [3.63, 3.8) is 0 Å². The minimum Gasteiger partial charge on any atom is -0.465 e. The van der Waals surface area contributed by atoms with Crippen molar-refractivity contribution < 1.29 is 17.9 Å². The summed E-state index contributed by atoms with van der Waals surface area (Å²) in [5.74, 6) is 0.0509. The topological polar surface area (TPSA) is 75.7 Å². The van der Waals surface area contributed by atoms with Crippen molar-refractivity contribution in [2.75, 3.05) is 33.8 Å². The number of ether oxygens (including phenoxy) is 1. The molecule has 0 spiro atoms. The van der Waals surface area contributed by atoms with Gasteiger partial charge >= 0.3 is 5.97 Å². The number of nitrogens with one attached hydrogen (secondary N) is 1. The van der Waals surface area contributed by atoms with Crippen LogP contribution in [0.5, 0.6) is 0 Å². The maximum absolute atomic E-state index is 12.6. The van der Waals surface area contributed by atoms with Gasteiger partial charge in [0.2, 0.25) is 10.0 Å². The molecular weight excluding hydrogens is 304 g/mol. The summed E-state index contributed by atoms with van der Waals surface area (Å²) in [4.78, 5) is 11.6. The molecule has 1 aromatic rings. The molecule has 0 atom stereocenters. The van der Waals surface area contributed by atoms with Crippen LogP contribution in [-0.2, 0) is 14.8 Å². The highest BCUT2D eigenvalue weighted by atomic mass is 32.2. The Morgan fingerprint density at radius 1 is 1.27 bits per heavy atom. The Kier molecular flexibility index (Phi) is 5.55. The van der Waals surface area contributed by atoms with Crippen LogP contribution in [0.15, 0.2) is 29.2 Å². The molecule has 1 aliphatic rings. The SMILES string of the molecule is CNCC1CCN(S(=O)(=O)c2ccc(C(=O)OC)cc2)CC1. The van der Waals surface area contributed by atoms with Gasteiger partial charge in [-0.15, -0.1) is 0 Å². The molecule has 0 aromatic heterocycles. The van der Waals surface area contributed by atoms with E-state index in [-0.39, 0.29) is 4.90 Å². The van der Waals surface area contributed by atoms with Crippen LogP contribution in [0.1, 0.15) is 23.2 Å². The van der Waals surface area contributed by atoms with E-state index in [1.807, 2.05) is 7.05 Å². The summed E-state index contributed by atoms with van der Waals surface area (Å²) in [7, 11) is -0.286. The number of nitrogens with zero attached hydrogens (tertiary/aromatic N) is 1. The third-order valence-electron chi connectivity index (χ3n) is 3.98. The van der Waals surface area contributed by atoms with E-state index >= 15 is 0 Å². The fourth-order valence-electron chi connectivity index (χ4n) is 2.67. The number of rotatable bonds is 5. The highest BCUT2D eigenvalue weighted by Crippen LogP contribution is 2.23. The van der Waals surface area contributed by atoms with Gasteiger partial charge in [0.25, 0.3) is 0 Å². The Labute approximate surface area is 131 Å². The summed E-state index contributed by atoms with van der Waals surface area (Å²) < 4.78 is 31.3. The Bertz CT molecular complexity index is 605. The molecule has 1 aliphatic heterocycles. The summed E-state index contributed by atoms with van der Waals surface area (Å²) in [6.45, 7) is 1.99. The zero-order chi connectivity index (χ0) is 16.2. The molecule has 0 bridgehead atoms. The second-order valence-electron chi connectivity index (χ2n) is 5.42. The number of carbonyl (C=O) groups is 1. The van der Waals surface area contributed by atoms with Crippen LogP contribution in [0.2, 0.25) is 0 Å². The molecule has 1 heterocycles. The molecule has 0 amide bonds. The number of methoxy groups -OCH3 is 1. The van der Waals surface area contributed by atoms with Gasteiger partial charge in [0.05, 0.1) is 17.6 Å². The molecule has 2 rings (SSSR count). The Hall–Kier alpha value is -1.44. The molecule has 1 saturated heterocycles. The molecule has 7 heteroatoms. The van der Waals surface area contributed by atoms with Gasteiger partial charge in [-0.05, 0) is 56.6 Å². The second kappa shape index (κ2) is 7.21. The molecule has 1 N–H and O–H groups in total. The molecule has 1 aromatic carbocycles. The van der Waals surface area contributed by atoms with Crippen LogP contribution in [0.3, 0.4) is 0 Å². The van der Waals surface area contributed by atoms with Gasteiger partial charge in [-0.1, -0.05) is 0 Å². The minimum atomic E-state index is -3.49. The van der Waals surface area contributed by atoms with E-state index < -0.39 is 16.0 Å². The Balaban J connectivity index is 2.09. The highest BCUT2D eigenvalue weighted by Gasteiger charge is 2.29. The Morgan fingerprint density at radius 2 is 1.86 bits per heavy atom. The maximum Gasteiger partial charge on any atom is 0.337 e. The summed E-state index contributed by atoms with van der Waals surface area (Å²) >= 11 is 0. The van der Waals surface area contributed by atoms with E-state index in [0.29, 0.717) is 24.6 Å². The average molecular weight is 326 g/mol. The summed E-state index contributed by atoms with van der Waals surface area (Å²) in [5, 5.41) is 3.13. The van der Waals surface area contributed by atoms with Gasteiger partial charge in [0, 0.05) is 13.1 Å². The van der Waals surface area contributed by atoms with E-state index in [1.54, 1.807) is 0 Å². The number of sulfonamides is 1. The standard InChI is InChI=1S/C15H22N2O4S/c1-16-11-12-7-9-17(10-8-12)22(19,20)14-5-3-13(4-6-14)15(18)21-2/h3-6,12,16H,7-11H2,1-2H3. The number of esters is 1. The highest BCUT2D eigenvalue weighted by molar-refractivity contribution is 7.89. The average Bonchev–Trinajstić information content (AvgIpc) is 2.55. The molecule has 0 saturated carbocycles. The van der Waals surface area contributed by atoms with Crippen molar-refractivity contribution in [2.24, 2.45) is 5.92 Å². The van der Waals surface area contributed by atoms with Crippen LogP contribution in [0.4, 0.5) is 0 Å². The van der Waals surface area contributed by atoms with Crippen molar-refractivity contribution in [3.8, 4) is 0 Å². The first-order chi connectivity index (χ1) is 10.5. The van der Waals surface area contributed by atoms with Crippen LogP contribution >= 0.6 is 0 Å². The first-order valence-electron chi connectivity index (χ1n) is 7.32. The summed E-state index contributed by atoms with van der Waals surface area (Å²) in [6.07, 6.45) is 1.72. The van der Waals surface area contributed by atoms with Gasteiger partial charge in [-0.3, -0.25) is 0 Å². The van der Waals surface area contributed by atoms with Crippen molar-refractivity contribution in [1.82, 2.24) is 9.62 Å². The van der Waals surface area contributed by atoms with Crippen LogP contribution in [0.25, 0.3) is 0 Å². The maximum atomic E-state index is 12.6. The van der Waals surface area contributed by atoms with Gasteiger partial charge in [0.15, 0.2) is 0 Å². The summed E-state index contributed by atoms with van der Waals surface area (Å²) in [6, 6.07) is 5.88. The molecule has 0 unspecified atom stereocenters. The van der Waals surface area contributed by atoms with E-state index in [0.717, 1.165) is 19.4 Å². The van der Waals surface area contributed by atoms with Gasteiger partial charge in [-0.2, -0.15) is 4.31 Å². The zero-order valence-electron chi connectivity index (χ0n) is 12.9. The Morgan fingerprint density at radius 3 is 2.36 bits per heavy atom. The lowest BCUT2D eigenvalue weighted by Gasteiger charge is -2.31. The van der Waals surface area contributed by atoms with Crippen molar-refractivity contribution >= 4 is 16.0 Å². The van der Waals surface area contributed by atoms with Gasteiger partial charge in [-0.25, -0.2) is 13.2 Å². The number of piperidine rings is 1. The second-order valence-corrected chi connectivity index (χ2v) is 7.36. The molecule has 122 valence electrons. The number of hydrogen-bond acceptors (Lipinski definition) is 5. The first-order valence-corrected chi connectivity index (χ1v) is 8.76. The molecular formula is C15H22N2O4S. The normalized spacial score (nSPS) is 17.4. The molecule has 0 aliphatic carbocycles. The molecule has 22 heavy (non-hydrogen) atoms. The number of hydrogen-bond donors (Lipinski definition) is 1. The number of benzene rings is 1.